The van der Waals surface area contributed by atoms with Crippen molar-refractivity contribution in [2.24, 2.45) is 5.92 Å². The zero-order valence-corrected chi connectivity index (χ0v) is 17.3. The first kappa shape index (κ1) is 20.6. The van der Waals surface area contributed by atoms with Gasteiger partial charge in [0.05, 0.1) is 11.4 Å². The molecule has 0 radical (unpaired) electrons. The molecular weight excluding hydrogens is 372 g/mol. The maximum atomic E-state index is 12.9. The van der Waals surface area contributed by atoms with Crippen molar-refractivity contribution in [1.29, 1.82) is 0 Å². The average Bonchev–Trinajstić information content (AvgIpc) is 2.72. The highest BCUT2D eigenvalue weighted by Crippen LogP contribution is 2.24. The molecule has 0 aromatic heterocycles. The van der Waals surface area contributed by atoms with Crippen LogP contribution in [0, 0.1) is 5.92 Å². The number of nitrogens with zero attached hydrogens (tertiary/aromatic N) is 1. The summed E-state index contributed by atoms with van der Waals surface area (Å²) in [5.74, 6) is 0.417. The zero-order chi connectivity index (χ0) is 20.1. The minimum atomic E-state index is -3.56. The van der Waals surface area contributed by atoms with Gasteiger partial charge in [0, 0.05) is 24.3 Å². The molecule has 1 saturated heterocycles. The summed E-state index contributed by atoms with van der Waals surface area (Å²) in [5, 5.41) is 3.11. The molecule has 1 heterocycles. The summed E-state index contributed by atoms with van der Waals surface area (Å²) in [6.07, 6.45) is 2.72. The Bertz CT molecular complexity index is 915. The quantitative estimate of drug-likeness (QED) is 0.715. The van der Waals surface area contributed by atoms with E-state index in [0.29, 0.717) is 24.6 Å². The van der Waals surface area contributed by atoms with E-state index in [1.807, 2.05) is 24.3 Å². The third-order valence-electron chi connectivity index (χ3n) is 5.35. The number of rotatable bonds is 7. The summed E-state index contributed by atoms with van der Waals surface area (Å²) in [6, 6.07) is 14.3. The Morgan fingerprint density at radius 1 is 1.11 bits per heavy atom. The molecule has 0 bridgehead atoms. The molecule has 2 aromatic carbocycles. The number of aryl methyl sites for hydroxylation is 1. The highest BCUT2D eigenvalue weighted by atomic mass is 32.2. The molecule has 0 saturated carbocycles. The second-order valence-electron chi connectivity index (χ2n) is 7.44. The number of hydrogen-bond acceptors (Lipinski definition) is 4. The van der Waals surface area contributed by atoms with E-state index in [9.17, 15) is 13.2 Å². The smallest absolute Gasteiger partial charge is 0.243 e. The van der Waals surface area contributed by atoms with Crippen LogP contribution in [0.2, 0.25) is 0 Å². The molecule has 1 aliphatic heterocycles. The van der Waals surface area contributed by atoms with Crippen molar-refractivity contribution < 1.29 is 13.2 Å². The molecule has 0 unspecified atom stereocenters. The fourth-order valence-electron chi connectivity index (χ4n) is 3.35. The van der Waals surface area contributed by atoms with Gasteiger partial charge in [0.25, 0.3) is 0 Å². The summed E-state index contributed by atoms with van der Waals surface area (Å²) in [5.41, 5.74) is 2.52. The van der Waals surface area contributed by atoms with E-state index in [1.165, 1.54) is 15.9 Å². The number of piperidine rings is 1. The van der Waals surface area contributed by atoms with Crippen LogP contribution in [0.25, 0.3) is 0 Å². The summed E-state index contributed by atoms with van der Waals surface area (Å²) >= 11 is 0. The molecule has 1 aliphatic rings. The Kier molecular flexibility index (Phi) is 6.52. The van der Waals surface area contributed by atoms with Gasteiger partial charge in [-0.25, -0.2) is 8.42 Å². The SMILES string of the molecule is CCc1ccc(NCC(=O)c2cccc(S(=O)(=O)N3CCC(C)CC3)c2)cc1. The molecule has 5 nitrogen and oxygen atoms in total. The Morgan fingerprint density at radius 2 is 1.79 bits per heavy atom. The number of ketones is 1. The van der Waals surface area contributed by atoms with Crippen LogP contribution >= 0.6 is 0 Å². The minimum Gasteiger partial charge on any atom is -0.378 e. The first-order valence-corrected chi connectivity index (χ1v) is 11.3. The molecule has 1 fully saturated rings. The normalized spacial score (nSPS) is 16.1. The van der Waals surface area contributed by atoms with E-state index in [1.54, 1.807) is 18.2 Å². The number of carbonyl (C=O) groups excluding carboxylic acids is 1. The number of benzene rings is 2. The zero-order valence-electron chi connectivity index (χ0n) is 16.5. The lowest BCUT2D eigenvalue weighted by atomic mass is 10.0. The van der Waals surface area contributed by atoms with Crippen molar-refractivity contribution in [2.75, 3.05) is 25.0 Å². The van der Waals surface area contributed by atoms with Crippen LogP contribution in [0.5, 0.6) is 0 Å². The number of anilines is 1. The Hall–Kier alpha value is -2.18. The fourth-order valence-corrected chi connectivity index (χ4v) is 4.86. The number of sulfonamides is 1. The molecule has 3 rings (SSSR count). The highest BCUT2D eigenvalue weighted by molar-refractivity contribution is 7.89. The Balaban J connectivity index is 1.68. The van der Waals surface area contributed by atoms with E-state index < -0.39 is 10.0 Å². The van der Waals surface area contributed by atoms with Gasteiger partial charge in [-0.3, -0.25) is 4.79 Å². The lowest BCUT2D eigenvalue weighted by Crippen LogP contribution is -2.37. The number of nitrogens with one attached hydrogen (secondary N) is 1. The van der Waals surface area contributed by atoms with Crippen LogP contribution in [-0.4, -0.2) is 38.1 Å². The van der Waals surface area contributed by atoms with Gasteiger partial charge < -0.3 is 5.32 Å². The second-order valence-corrected chi connectivity index (χ2v) is 9.38. The maximum absolute atomic E-state index is 12.9. The van der Waals surface area contributed by atoms with Crippen molar-refractivity contribution in [2.45, 2.75) is 38.0 Å². The third-order valence-corrected chi connectivity index (χ3v) is 7.25. The van der Waals surface area contributed by atoms with Crippen molar-refractivity contribution in [1.82, 2.24) is 4.31 Å². The van der Waals surface area contributed by atoms with Gasteiger partial charge >= 0.3 is 0 Å². The van der Waals surface area contributed by atoms with E-state index in [-0.39, 0.29) is 17.2 Å². The molecule has 6 heteroatoms. The molecule has 0 amide bonds. The summed E-state index contributed by atoms with van der Waals surface area (Å²) in [7, 11) is -3.56. The van der Waals surface area contributed by atoms with Gasteiger partial charge in [-0.1, -0.05) is 38.1 Å². The topological polar surface area (TPSA) is 66.5 Å². The lowest BCUT2D eigenvalue weighted by molar-refractivity contribution is 0.101. The summed E-state index contributed by atoms with van der Waals surface area (Å²) < 4.78 is 27.3. The van der Waals surface area contributed by atoms with E-state index in [0.717, 1.165) is 24.9 Å². The average molecular weight is 401 g/mol. The van der Waals surface area contributed by atoms with E-state index >= 15 is 0 Å². The monoisotopic (exact) mass is 400 g/mol. The molecule has 0 aliphatic carbocycles. The summed E-state index contributed by atoms with van der Waals surface area (Å²) in [6.45, 7) is 5.44. The first-order chi connectivity index (χ1) is 13.4. The molecule has 0 spiro atoms. The number of hydrogen-bond donors (Lipinski definition) is 1. The summed E-state index contributed by atoms with van der Waals surface area (Å²) in [4.78, 5) is 12.8. The minimum absolute atomic E-state index is 0.121. The van der Waals surface area contributed by atoms with Crippen molar-refractivity contribution in [3.05, 3.63) is 59.7 Å². The van der Waals surface area contributed by atoms with Crippen molar-refractivity contribution in [3.8, 4) is 0 Å². The van der Waals surface area contributed by atoms with Gasteiger partial charge in [0.2, 0.25) is 10.0 Å². The predicted molar refractivity (Wildman–Crippen MR) is 112 cm³/mol. The lowest BCUT2D eigenvalue weighted by Gasteiger charge is -2.29. The van der Waals surface area contributed by atoms with Crippen LogP contribution in [0.4, 0.5) is 5.69 Å². The number of carbonyl (C=O) groups is 1. The predicted octanol–water partition coefficient (Wildman–Crippen LogP) is 3.96. The molecule has 28 heavy (non-hydrogen) atoms. The molecule has 1 N–H and O–H groups in total. The largest absolute Gasteiger partial charge is 0.378 e. The van der Waals surface area contributed by atoms with Gasteiger partial charge in [-0.2, -0.15) is 4.31 Å². The van der Waals surface area contributed by atoms with Crippen molar-refractivity contribution >= 4 is 21.5 Å². The van der Waals surface area contributed by atoms with Gasteiger partial charge in [-0.15, -0.1) is 0 Å². The molecule has 2 aromatic rings. The Morgan fingerprint density at radius 3 is 2.43 bits per heavy atom. The molecule has 0 atom stereocenters. The standard InChI is InChI=1S/C22H28N2O3S/c1-3-18-7-9-20(10-8-18)23-16-22(25)19-5-4-6-21(15-19)28(26,27)24-13-11-17(2)12-14-24/h4-10,15,17,23H,3,11-14,16H2,1-2H3. The number of Topliss-reactive ketones (excluding diaryl/α,β-unsaturated/α-hetero) is 1. The van der Waals surface area contributed by atoms with Crippen LogP contribution in [0.3, 0.4) is 0 Å². The fraction of sp³-hybridized carbons (Fsp3) is 0.409. The molecule has 150 valence electrons. The van der Waals surface area contributed by atoms with Gasteiger partial charge in [0.15, 0.2) is 5.78 Å². The van der Waals surface area contributed by atoms with E-state index in [4.69, 9.17) is 0 Å². The maximum Gasteiger partial charge on any atom is 0.243 e. The van der Waals surface area contributed by atoms with Crippen LogP contribution in [0.1, 0.15) is 42.6 Å². The van der Waals surface area contributed by atoms with Crippen LogP contribution in [0.15, 0.2) is 53.4 Å². The highest BCUT2D eigenvalue weighted by Gasteiger charge is 2.28. The van der Waals surface area contributed by atoms with Crippen molar-refractivity contribution in [3.63, 3.8) is 0 Å². The molecular formula is C22H28N2O3S. The Labute approximate surface area is 167 Å². The third kappa shape index (κ3) is 4.80. The van der Waals surface area contributed by atoms with Crippen LogP contribution < -0.4 is 5.32 Å². The van der Waals surface area contributed by atoms with Gasteiger partial charge in [-0.05, 0) is 55.0 Å². The first-order valence-electron chi connectivity index (χ1n) is 9.86. The van der Waals surface area contributed by atoms with E-state index in [2.05, 4.69) is 19.2 Å². The van der Waals surface area contributed by atoms with Gasteiger partial charge in [0.1, 0.15) is 0 Å². The van der Waals surface area contributed by atoms with Crippen LogP contribution in [-0.2, 0) is 16.4 Å². The second kappa shape index (κ2) is 8.88.